The molecule has 0 saturated carbocycles. The van der Waals surface area contributed by atoms with Gasteiger partial charge in [-0.2, -0.15) is 13.2 Å². The van der Waals surface area contributed by atoms with Gasteiger partial charge in [-0.15, -0.1) is 0 Å². The highest BCUT2D eigenvalue weighted by atomic mass is 32.1. The van der Waals surface area contributed by atoms with Crippen molar-refractivity contribution in [1.29, 1.82) is 0 Å². The summed E-state index contributed by atoms with van der Waals surface area (Å²) >= 11 is 4.68. The molecule has 27 heavy (non-hydrogen) atoms. The SMILES string of the molecule is Cc1ccc(C(=O)N[C@H](NC(=S)Nc2c(F)cccc2F)C(F)(F)F)cc1. The number of carbonyl (C=O) groups is 1. The van der Waals surface area contributed by atoms with E-state index < -0.39 is 40.7 Å². The highest BCUT2D eigenvalue weighted by molar-refractivity contribution is 7.80. The minimum Gasteiger partial charge on any atom is -0.335 e. The summed E-state index contributed by atoms with van der Waals surface area (Å²) in [6.07, 6.45) is -7.49. The molecule has 0 saturated heterocycles. The number of amides is 1. The molecule has 0 aromatic heterocycles. The molecule has 0 spiro atoms. The summed E-state index contributed by atoms with van der Waals surface area (Å²) in [5.74, 6) is -3.07. The molecule has 144 valence electrons. The molecule has 10 heteroatoms. The highest BCUT2D eigenvalue weighted by Crippen LogP contribution is 2.21. The number of hydrogen-bond acceptors (Lipinski definition) is 2. The van der Waals surface area contributed by atoms with Crippen molar-refractivity contribution in [2.24, 2.45) is 0 Å². The van der Waals surface area contributed by atoms with E-state index in [1.807, 2.05) is 5.32 Å². The van der Waals surface area contributed by atoms with Gasteiger partial charge in [0.1, 0.15) is 17.3 Å². The Morgan fingerprint density at radius 3 is 2.07 bits per heavy atom. The van der Waals surface area contributed by atoms with Gasteiger partial charge in [0.2, 0.25) is 0 Å². The molecule has 1 atom stereocenters. The molecule has 0 bridgehead atoms. The molecular formula is C17H14F5N3OS. The first-order valence-corrected chi connectivity index (χ1v) is 7.94. The number of hydrogen-bond donors (Lipinski definition) is 3. The van der Waals surface area contributed by atoms with Crippen LogP contribution in [0.1, 0.15) is 15.9 Å². The number of nitrogens with one attached hydrogen (secondary N) is 3. The lowest BCUT2D eigenvalue weighted by Gasteiger charge is -2.24. The van der Waals surface area contributed by atoms with Gasteiger partial charge in [-0.3, -0.25) is 4.79 Å². The molecule has 0 radical (unpaired) electrons. The van der Waals surface area contributed by atoms with Crippen molar-refractivity contribution < 1.29 is 26.7 Å². The van der Waals surface area contributed by atoms with E-state index in [0.717, 1.165) is 23.8 Å². The highest BCUT2D eigenvalue weighted by Gasteiger charge is 2.41. The molecule has 0 unspecified atom stereocenters. The van der Waals surface area contributed by atoms with Crippen LogP contribution in [0.5, 0.6) is 0 Å². The molecule has 0 fully saturated rings. The minimum atomic E-state index is -4.92. The van der Waals surface area contributed by atoms with Crippen LogP contribution in [-0.2, 0) is 0 Å². The van der Waals surface area contributed by atoms with E-state index in [4.69, 9.17) is 0 Å². The molecule has 2 rings (SSSR count). The van der Waals surface area contributed by atoms with Gasteiger partial charge in [-0.25, -0.2) is 8.78 Å². The first kappa shape index (κ1) is 20.6. The van der Waals surface area contributed by atoms with Gasteiger partial charge >= 0.3 is 6.18 Å². The standard InChI is InChI=1S/C17H14F5N3OS/c1-9-5-7-10(8-6-9)14(26)24-15(17(20,21)22)25-16(27)23-13-11(18)3-2-4-12(13)19/h2-8,15H,1H3,(H,24,26)(H2,23,25,27)/t15-/m1/s1. The molecule has 0 heterocycles. The summed E-state index contributed by atoms with van der Waals surface area (Å²) in [7, 11) is 0. The number of alkyl halides is 3. The van der Waals surface area contributed by atoms with Gasteiger partial charge in [0.05, 0.1) is 0 Å². The van der Waals surface area contributed by atoms with E-state index in [0.29, 0.717) is 0 Å². The Bertz CT molecular complexity index is 819. The normalized spacial score (nSPS) is 12.2. The third-order valence-electron chi connectivity index (χ3n) is 3.39. The fraction of sp³-hybridized carbons (Fsp3) is 0.176. The smallest absolute Gasteiger partial charge is 0.335 e. The molecule has 2 aromatic carbocycles. The zero-order valence-corrected chi connectivity index (χ0v) is 14.6. The molecule has 2 aromatic rings. The molecule has 0 aliphatic heterocycles. The summed E-state index contributed by atoms with van der Waals surface area (Å²) < 4.78 is 66.7. The molecule has 0 aliphatic rings. The Hall–Kier alpha value is -2.75. The second-order valence-corrected chi connectivity index (χ2v) is 5.92. The van der Waals surface area contributed by atoms with Crippen molar-refractivity contribution in [1.82, 2.24) is 10.6 Å². The second kappa shape index (κ2) is 8.30. The van der Waals surface area contributed by atoms with Gasteiger partial charge in [0, 0.05) is 5.56 Å². The van der Waals surface area contributed by atoms with Gasteiger partial charge in [-0.1, -0.05) is 23.8 Å². The summed E-state index contributed by atoms with van der Waals surface area (Å²) in [4.78, 5) is 12.0. The van der Waals surface area contributed by atoms with E-state index in [1.165, 1.54) is 12.1 Å². The predicted octanol–water partition coefficient (Wildman–Crippen LogP) is 3.88. The Kier molecular flexibility index (Phi) is 6.32. The lowest BCUT2D eigenvalue weighted by molar-refractivity contribution is -0.156. The molecule has 0 aliphatic carbocycles. The summed E-state index contributed by atoms with van der Waals surface area (Å²) in [5.41, 5.74) is 0.130. The third-order valence-corrected chi connectivity index (χ3v) is 3.61. The second-order valence-electron chi connectivity index (χ2n) is 5.51. The average molecular weight is 403 g/mol. The predicted molar refractivity (Wildman–Crippen MR) is 94.2 cm³/mol. The maximum Gasteiger partial charge on any atom is 0.427 e. The van der Waals surface area contributed by atoms with Crippen LogP contribution in [0.25, 0.3) is 0 Å². The molecule has 1 amide bonds. The van der Waals surface area contributed by atoms with E-state index in [-0.39, 0.29) is 5.56 Å². The molecule has 3 N–H and O–H groups in total. The number of benzene rings is 2. The lowest BCUT2D eigenvalue weighted by atomic mass is 10.1. The topological polar surface area (TPSA) is 53.2 Å². The number of anilines is 1. The summed E-state index contributed by atoms with van der Waals surface area (Å²) in [6, 6.07) is 8.78. The van der Waals surface area contributed by atoms with Crippen LogP contribution in [0.4, 0.5) is 27.6 Å². The van der Waals surface area contributed by atoms with Gasteiger partial charge in [0.25, 0.3) is 5.91 Å². The maximum atomic E-state index is 13.6. The Labute approximate surface area is 156 Å². The largest absolute Gasteiger partial charge is 0.427 e. The van der Waals surface area contributed by atoms with Crippen LogP contribution >= 0.6 is 12.2 Å². The third kappa shape index (κ3) is 5.61. The number of aryl methyl sites for hydroxylation is 1. The average Bonchev–Trinajstić information content (AvgIpc) is 2.57. The molecule has 4 nitrogen and oxygen atoms in total. The Morgan fingerprint density at radius 1 is 1.00 bits per heavy atom. The van der Waals surface area contributed by atoms with Crippen molar-refractivity contribution in [2.75, 3.05) is 5.32 Å². The number of rotatable bonds is 4. The zero-order chi connectivity index (χ0) is 20.2. The quantitative estimate of drug-likeness (QED) is 0.412. The molecular weight excluding hydrogens is 389 g/mol. The number of carbonyl (C=O) groups excluding carboxylic acids is 1. The Morgan fingerprint density at radius 2 is 1.56 bits per heavy atom. The van der Waals surface area contributed by atoms with E-state index in [9.17, 15) is 26.7 Å². The van der Waals surface area contributed by atoms with Crippen LogP contribution < -0.4 is 16.0 Å². The lowest BCUT2D eigenvalue weighted by Crippen LogP contribution is -2.57. The van der Waals surface area contributed by atoms with Crippen molar-refractivity contribution >= 4 is 28.9 Å². The summed E-state index contributed by atoms with van der Waals surface area (Å²) in [6.45, 7) is 1.76. The van der Waals surface area contributed by atoms with E-state index in [1.54, 1.807) is 29.7 Å². The number of halogens is 5. The van der Waals surface area contributed by atoms with Crippen LogP contribution in [-0.4, -0.2) is 23.4 Å². The van der Waals surface area contributed by atoms with E-state index in [2.05, 4.69) is 12.2 Å². The fourth-order valence-corrected chi connectivity index (χ4v) is 2.24. The number of thiocarbonyl (C=S) groups is 1. The van der Waals surface area contributed by atoms with Gasteiger partial charge < -0.3 is 16.0 Å². The maximum absolute atomic E-state index is 13.6. The van der Waals surface area contributed by atoms with Crippen molar-refractivity contribution in [3.05, 3.63) is 65.2 Å². The van der Waals surface area contributed by atoms with Crippen LogP contribution in [0.15, 0.2) is 42.5 Å². The van der Waals surface area contributed by atoms with Crippen LogP contribution in [0.2, 0.25) is 0 Å². The number of para-hydroxylation sites is 1. The van der Waals surface area contributed by atoms with E-state index >= 15 is 0 Å². The van der Waals surface area contributed by atoms with Crippen molar-refractivity contribution in [2.45, 2.75) is 19.3 Å². The van der Waals surface area contributed by atoms with Crippen molar-refractivity contribution in [3.8, 4) is 0 Å². The van der Waals surface area contributed by atoms with Crippen LogP contribution in [0.3, 0.4) is 0 Å². The Balaban J connectivity index is 2.11. The zero-order valence-electron chi connectivity index (χ0n) is 13.8. The first-order chi connectivity index (χ1) is 12.6. The van der Waals surface area contributed by atoms with Gasteiger partial charge in [0.15, 0.2) is 11.3 Å². The van der Waals surface area contributed by atoms with Crippen molar-refractivity contribution in [3.63, 3.8) is 0 Å². The summed E-state index contributed by atoms with van der Waals surface area (Å²) in [5, 5.41) is 4.85. The monoisotopic (exact) mass is 403 g/mol. The van der Waals surface area contributed by atoms with Crippen LogP contribution in [0, 0.1) is 18.6 Å². The minimum absolute atomic E-state index is 0.00989. The van der Waals surface area contributed by atoms with Gasteiger partial charge in [-0.05, 0) is 43.4 Å². The fourth-order valence-electron chi connectivity index (χ4n) is 2.02. The first-order valence-electron chi connectivity index (χ1n) is 7.53.